The van der Waals surface area contributed by atoms with E-state index in [1.54, 1.807) is 0 Å². The highest BCUT2D eigenvalue weighted by molar-refractivity contribution is 5.75. The molecule has 19 heavy (non-hydrogen) atoms. The van der Waals surface area contributed by atoms with Crippen molar-refractivity contribution in [3.63, 3.8) is 0 Å². The van der Waals surface area contributed by atoms with E-state index in [1.165, 1.54) is 18.4 Å². The molecule has 0 radical (unpaired) electrons. The van der Waals surface area contributed by atoms with E-state index in [-0.39, 0.29) is 5.69 Å². The second kappa shape index (κ2) is 4.85. The number of hydrogen-bond donors (Lipinski definition) is 1. The third-order valence-electron chi connectivity index (χ3n) is 4.23. The van der Waals surface area contributed by atoms with Gasteiger partial charge in [-0.05, 0) is 50.6 Å². The minimum absolute atomic E-state index is 0.0172. The zero-order valence-corrected chi connectivity index (χ0v) is 11.6. The van der Waals surface area contributed by atoms with Crippen LogP contribution in [0.1, 0.15) is 25.3 Å². The van der Waals surface area contributed by atoms with E-state index >= 15 is 0 Å². The summed E-state index contributed by atoms with van der Waals surface area (Å²) in [6, 6.07) is 6.66. The van der Waals surface area contributed by atoms with Gasteiger partial charge in [0.15, 0.2) is 0 Å². The third kappa shape index (κ3) is 2.21. The van der Waals surface area contributed by atoms with Crippen LogP contribution in [0.25, 0.3) is 11.0 Å². The van der Waals surface area contributed by atoms with Gasteiger partial charge in [0.1, 0.15) is 0 Å². The molecule has 1 aliphatic heterocycles. The van der Waals surface area contributed by atoms with Crippen LogP contribution in [0.5, 0.6) is 0 Å². The van der Waals surface area contributed by atoms with Gasteiger partial charge in [-0.2, -0.15) is 0 Å². The Kier molecular flexibility index (Phi) is 3.19. The molecule has 1 aromatic heterocycles. The average Bonchev–Trinajstić information content (AvgIpc) is 2.95. The number of aromatic nitrogens is 2. The minimum atomic E-state index is 0.0172. The van der Waals surface area contributed by atoms with E-state index in [0.717, 1.165) is 30.7 Å². The van der Waals surface area contributed by atoms with Crippen LogP contribution in [-0.4, -0.2) is 33.6 Å². The Hall–Kier alpha value is -1.55. The lowest BCUT2D eigenvalue weighted by atomic mass is 10.2. The number of rotatable bonds is 3. The fourth-order valence-electron chi connectivity index (χ4n) is 3.19. The Morgan fingerprint density at radius 1 is 1.42 bits per heavy atom. The molecule has 0 aliphatic carbocycles. The van der Waals surface area contributed by atoms with Crippen molar-refractivity contribution < 1.29 is 0 Å². The predicted molar refractivity (Wildman–Crippen MR) is 77.6 cm³/mol. The number of aromatic amines is 1. The molecule has 0 amide bonds. The summed E-state index contributed by atoms with van der Waals surface area (Å²) >= 11 is 0. The molecule has 0 spiro atoms. The number of nitrogens with zero attached hydrogens (tertiary/aromatic N) is 2. The summed E-state index contributed by atoms with van der Waals surface area (Å²) in [4.78, 5) is 17.6. The van der Waals surface area contributed by atoms with Crippen LogP contribution in [0.4, 0.5) is 0 Å². The monoisotopic (exact) mass is 259 g/mol. The number of hydrogen-bond acceptors (Lipinski definition) is 2. The first kappa shape index (κ1) is 12.5. The maximum Gasteiger partial charge on any atom is 0.326 e. The Morgan fingerprint density at radius 3 is 3.05 bits per heavy atom. The second-order valence-electron chi connectivity index (χ2n) is 5.49. The molecule has 2 aromatic rings. The quantitative estimate of drug-likeness (QED) is 0.917. The van der Waals surface area contributed by atoms with Gasteiger partial charge in [0, 0.05) is 12.6 Å². The lowest BCUT2D eigenvalue weighted by Crippen LogP contribution is -2.35. The largest absolute Gasteiger partial charge is 0.326 e. The molecule has 1 atom stereocenters. The molecule has 0 saturated carbocycles. The zero-order valence-electron chi connectivity index (χ0n) is 11.6. The summed E-state index contributed by atoms with van der Waals surface area (Å²) in [7, 11) is 0. The molecule has 1 aromatic carbocycles. The van der Waals surface area contributed by atoms with Crippen LogP contribution in [-0.2, 0) is 6.54 Å². The van der Waals surface area contributed by atoms with Crippen molar-refractivity contribution in [3.05, 3.63) is 34.2 Å². The molecule has 1 fully saturated rings. The van der Waals surface area contributed by atoms with Crippen LogP contribution < -0.4 is 5.69 Å². The highest BCUT2D eigenvalue weighted by atomic mass is 16.1. The summed E-state index contributed by atoms with van der Waals surface area (Å²) < 4.78 is 1.90. The van der Waals surface area contributed by atoms with Crippen molar-refractivity contribution in [2.24, 2.45) is 0 Å². The maximum atomic E-state index is 12.1. The molecule has 2 heterocycles. The number of H-pyrrole nitrogens is 1. The van der Waals surface area contributed by atoms with Crippen molar-refractivity contribution in [3.8, 4) is 0 Å². The molecule has 0 bridgehead atoms. The summed E-state index contributed by atoms with van der Waals surface area (Å²) in [5, 5.41) is 0. The topological polar surface area (TPSA) is 41.0 Å². The standard InChI is InChI=1S/C15H21N3O/c1-3-17-8-4-5-12(17)10-18-14-7-6-11(2)9-13(14)16-15(18)19/h6-7,9,12H,3-5,8,10H2,1-2H3,(H,16,19). The first-order chi connectivity index (χ1) is 9.19. The fourth-order valence-corrected chi connectivity index (χ4v) is 3.19. The third-order valence-corrected chi connectivity index (χ3v) is 4.23. The number of aryl methyl sites for hydroxylation is 1. The number of fused-ring (bicyclic) bond motifs is 1. The molecule has 1 unspecified atom stereocenters. The lowest BCUT2D eigenvalue weighted by molar-refractivity contribution is 0.244. The number of imidazole rings is 1. The Bertz CT molecular complexity index is 640. The second-order valence-corrected chi connectivity index (χ2v) is 5.49. The maximum absolute atomic E-state index is 12.1. The van der Waals surface area contributed by atoms with E-state index in [4.69, 9.17) is 0 Å². The van der Waals surface area contributed by atoms with Crippen LogP contribution in [0, 0.1) is 6.92 Å². The zero-order chi connectivity index (χ0) is 13.4. The Labute approximate surface area is 113 Å². The van der Waals surface area contributed by atoms with Crippen molar-refractivity contribution in [2.45, 2.75) is 39.3 Å². The van der Waals surface area contributed by atoms with Crippen LogP contribution in [0.3, 0.4) is 0 Å². The SMILES string of the molecule is CCN1CCCC1Cn1c(=O)[nH]c2cc(C)ccc21. The smallest absolute Gasteiger partial charge is 0.306 e. The summed E-state index contributed by atoms with van der Waals surface area (Å²) in [6.07, 6.45) is 2.44. The van der Waals surface area contributed by atoms with Gasteiger partial charge < -0.3 is 4.98 Å². The van der Waals surface area contributed by atoms with E-state index in [9.17, 15) is 4.79 Å². The highest BCUT2D eigenvalue weighted by Crippen LogP contribution is 2.20. The lowest BCUT2D eigenvalue weighted by Gasteiger charge is -2.22. The van der Waals surface area contributed by atoms with Gasteiger partial charge in [-0.25, -0.2) is 4.79 Å². The van der Waals surface area contributed by atoms with Crippen LogP contribution in [0.15, 0.2) is 23.0 Å². The molecule has 1 saturated heterocycles. The minimum Gasteiger partial charge on any atom is -0.306 e. The first-order valence-electron chi connectivity index (χ1n) is 7.12. The van der Waals surface area contributed by atoms with Gasteiger partial charge in [-0.1, -0.05) is 13.0 Å². The molecule has 4 heteroatoms. The Balaban J connectivity index is 1.96. The van der Waals surface area contributed by atoms with Crippen molar-refractivity contribution in [1.29, 1.82) is 0 Å². The molecule has 1 aliphatic rings. The summed E-state index contributed by atoms with van der Waals surface area (Å²) in [5.41, 5.74) is 3.17. The molecule has 102 valence electrons. The van der Waals surface area contributed by atoms with Gasteiger partial charge in [-0.3, -0.25) is 9.47 Å². The molecule has 1 N–H and O–H groups in total. The van der Waals surface area contributed by atoms with E-state index in [2.05, 4.69) is 22.9 Å². The van der Waals surface area contributed by atoms with E-state index in [0.29, 0.717) is 6.04 Å². The first-order valence-corrected chi connectivity index (χ1v) is 7.12. The van der Waals surface area contributed by atoms with Crippen LogP contribution in [0.2, 0.25) is 0 Å². The van der Waals surface area contributed by atoms with Crippen molar-refractivity contribution in [2.75, 3.05) is 13.1 Å². The number of nitrogens with one attached hydrogen (secondary N) is 1. The van der Waals surface area contributed by atoms with E-state index < -0.39 is 0 Å². The summed E-state index contributed by atoms with van der Waals surface area (Å²) in [5.74, 6) is 0. The number of likely N-dealkylation sites (N-methyl/N-ethyl adjacent to an activating group) is 1. The van der Waals surface area contributed by atoms with Gasteiger partial charge in [0.2, 0.25) is 0 Å². The van der Waals surface area contributed by atoms with Gasteiger partial charge in [-0.15, -0.1) is 0 Å². The number of likely N-dealkylation sites (tertiary alicyclic amines) is 1. The van der Waals surface area contributed by atoms with Gasteiger partial charge >= 0.3 is 5.69 Å². The molecular weight excluding hydrogens is 238 g/mol. The van der Waals surface area contributed by atoms with Crippen molar-refractivity contribution in [1.82, 2.24) is 14.5 Å². The summed E-state index contributed by atoms with van der Waals surface area (Å²) in [6.45, 7) is 7.28. The van der Waals surface area contributed by atoms with E-state index in [1.807, 2.05) is 23.6 Å². The average molecular weight is 259 g/mol. The highest BCUT2D eigenvalue weighted by Gasteiger charge is 2.24. The van der Waals surface area contributed by atoms with Crippen LogP contribution >= 0.6 is 0 Å². The van der Waals surface area contributed by atoms with Gasteiger partial charge in [0.25, 0.3) is 0 Å². The van der Waals surface area contributed by atoms with Gasteiger partial charge in [0.05, 0.1) is 11.0 Å². The Morgan fingerprint density at radius 2 is 2.26 bits per heavy atom. The molecule has 3 rings (SSSR count). The molecular formula is C15H21N3O. The number of benzene rings is 1. The normalized spacial score (nSPS) is 20.4. The fraction of sp³-hybridized carbons (Fsp3) is 0.533. The molecule has 4 nitrogen and oxygen atoms in total. The predicted octanol–water partition coefficient (Wildman–Crippen LogP) is 2.12. The van der Waals surface area contributed by atoms with Crippen molar-refractivity contribution >= 4 is 11.0 Å².